The first-order chi connectivity index (χ1) is 12.6. The van der Waals surface area contributed by atoms with Gasteiger partial charge in [0.2, 0.25) is 5.91 Å². The highest BCUT2D eigenvalue weighted by atomic mass is 16.5. The molecule has 5 heteroatoms. The Morgan fingerprint density at radius 1 is 1.12 bits per heavy atom. The summed E-state index contributed by atoms with van der Waals surface area (Å²) < 4.78 is 11.2. The Bertz CT molecular complexity index is 732. The molecule has 1 amide bonds. The first kappa shape index (κ1) is 18.3. The lowest BCUT2D eigenvalue weighted by molar-refractivity contribution is -0.136. The molecule has 1 saturated heterocycles. The number of rotatable bonds is 7. The van der Waals surface area contributed by atoms with Crippen molar-refractivity contribution in [2.24, 2.45) is 0 Å². The number of nitrogens with one attached hydrogen (secondary N) is 1. The van der Waals surface area contributed by atoms with Gasteiger partial charge in [-0.2, -0.15) is 0 Å². The Balaban J connectivity index is 1.68. The topological polar surface area (TPSA) is 64.6 Å². The minimum Gasteiger partial charge on any atom is -0.368 e. The van der Waals surface area contributed by atoms with Crippen molar-refractivity contribution in [3.63, 3.8) is 0 Å². The van der Waals surface area contributed by atoms with Crippen molar-refractivity contribution in [3.05, 3.63) is 71.8 Å². The second kappa shape index (κ2) is 8.74. The van der Waals surface area contributed by atoms with E-state index in [-0.39, 0.29) is 24.4 Å². The number of hydrogen-bond acceptors (Lipinski definition) is 4. The van der Waals surface area contributed by atoms with E-state index in [9.17, 15) is 9.59 Å². The maximum atomic E-state index is 12.8. The number of ketones is 1. The highest BCUT2D eigenvalue weighted by Gasteiger charge is 2.35. The summed E-state index contributed by atoms with van der Waals surface area (Å²) in [5.41, 5.74) is 2.00. The summed E-state index contributed by atoms with van der Waals surface area (Å²) in [5.74, 6) is -0.396. The fourth-order valence-corrected chi connectivity index (χ4v) is 2.93. The Labute approximate surface area is 153 Å². The van der Waals surface area contributed by atoms with Crippen LogP contribution in [-0.2, 0) is 32.1 Å². The van der Waals surface area contributed by atoms with Crippen LogP contribution in [0.1, 0.15) is 18.1 Å². The van der Waals surface area contributed by atoms with Gasteiger partial charge in [-0.3, -0.25) is 9.59 Å². The lowest BCUT2D eigenvalue weighted by Crippen LogP contribution is -2.49. The summed E-state index contributed by atoms with van der Waals surface area (Å²) in [6, 6.07) is 18.8. The number of ether oxygens (including phenoxy) is 2. The smallest absolute Gasteiger partial charge is 0.250 e. The van der Waals surface area contributed by atoms with Crippen LogP contribution < -0.4 is 5.32 Å². The first-order valence-corrected chi connectivity index (χ1v) is 8.77. The average Bonchev–Trinajstić information content (AvgIpc) is 2.98. The van der Waals surface area contributed by atoms with Gasteiger partial charge in [0.25, 0.3) is 0 Å². The molecule has 2 aromatic rings. The molecule has 1 aliphatic rings. The highest BCUT2D eigenvalue weighted by Crippen LogP contribution is 2.13. The third-order valence-electron chi connectivity index (χ3n) is 4.45. The molecule has 0 saturated carbocycles. The molecule has 5 nitrogen and oxygen atoms in total. The van der Waals surface area contributed by atoms with E-state index in [1.54, 1.807) is 6.92 Å². The van der Waals surface area contributed by atoms with E-state index < -0.39 is 12.1 Å². The molecule has 0 spiro atoms. The van der Waals surface area contributed by atoms with E-state index in [2.05, 4.69) is 5.32 Å². The molecule has 0 aromatic heterocycles. The molecule has 0 radical (unpaired) electrons. The summed E-state index contributed by atoms with van der Waals surface area (Å²) in [5, 5.41) is 2.80. The van der Waals surface area contributed by atoms with E-state index in [1.807, 2.05) is 60.7 Å². The molecule has 26 heavy (non-hydrogen) atoms. The van der Waals surface area contributed by atoms with Crippen LogP contribution in [-0.4, -0.2) is 36.5 Å². The quantitative estimate of drug-likeness (QED) is 0.829. The van der Waals surface area contributed by atoms with Gasteiger partial charge in [-0.15, -0.1) is 0 Å². The van der Waals surface area contributed by atoms with Crippen molar-refractivity contribution in [2.45, 2.75) is 38.2 Å². The minimum atomic E-state index is -0.682. The molecule has 3 rings (SSSR count). The predicted molar refractivity (Wildman–Crippen MR) is 97.5 cm³/mol. The maximum Gasteiger partial charge on any atom is 0.250 e. The summed E-state index contributed by atoms with van der Waals surface area (Å²) in [7, 11) is 0. The number of hydrogen-bond donors (Lipinski definition) is 1. The van der Waals surface area contributed by atoms with Crippen LogP contribution in [0, 0.1) is 0 Å². The van der Waals surface area contributed by atoms with E-state index >= 15 is 0 Å². The van der Waals surface area contributed by atoms with Crippen molar-refractivity contribution in [3.8, 4) is 0 Å². The molecule has 136 valence electrons. The number of carbonyl (C=O) groups excluding carboxylic acids is 2. The van der Waals surface area contributed by atoms with Gasteiger partial charge in [-0.25, -0.2) is 0 Å². The SMILES string of the molecule is C[C@@H]1OCC(=O)[C@H]1NC(=O)C(Cc1ccccc1)OCc1ccccc1. The molecule has 1 N–H and O–H groups in total. The van der Waals surface area contributed by atoms with Crippen molar-refractivity contribution < 1.29 is 19.1 Å². The third kappa shape index (κ3) is 4.77. The normalized spacial score (nSPS) is 20.7. The zero-order valence-corrected chi connectivity index (χ0v) is 14.8. The second-order valence-corrected chi connectivity index (χ2v) is 6.44. The summed E-state index contributed by atoms with van der Waals surface area (Å²) in [6.45, 7) is 2.16. The Kier molecular flexibility index (Phi) is 6.15. The van der Waals surface area contributed by atoms with Crippen LogP contribution in [0.4, 0.5) is 0 Å². The van der Waals surface area contributed by atoms with Gasteiger partial charge in [-0.05, 0) is 18.1 Å². The average molecular weight is 353 g/mol. The van der Waals surface area contributed by atoms with Crippen molar-refractivity contribution in [1.82, 2.24) is 5.32 Å². The molecule has 3 atom stereocenters. The zero-order chi connectivity index (χ0) is 18.4. The Morgan fingerprint density at radius 3 is 2.31 bits per heavy atom. The van der Waals surface area contributed by atoms with Gasteiger partial charge in [0.05, 0.1) is 12.7 Å². The molecule has 1 unspecified atom stereocenters. The summed E-state index contributed by atoms with van der Waals surface area (Å²) in [6.07, 6.45) is -0.563. The lowest BCUT2D eigenvalue weighted by atomic mass is 10.1. The molecule has 0 bridgehead atoms. The van der Waals surface area contributed by atoms with Crippen molar-refractivity contribution in [2.75, 3.05) is 6.61 Å². The molecular formula is C21H23NO4. The van der Waals surface area contributed by atoms with E-state index in [0.29, 0.717) is 13.0 Å². The van der Waals surface area contributed by atoms with Gasteiger partial charge in [0.15, 0.2) is 5.78 Å². The van der Waals surface area contributed by atoms with Crippen molar-refractivity contribution in [1.29, 1.82) is 0 Å². The molecule has 2 aromatic carbocycles. The van der Waals surface area contributed by atoms with Crippen LogP contribution in [0.3, 0.4) is 0 Å². The first-order valence-electron chi connectivity index (χ1n) is 8.77. The van der Waals surface area contributed by atoms with Gasteiger partial charge in [0, 0.05) is 6.42 Å². The molecule has 1 heterocycles. The Hall–Kier alpha value is -2.50. The van der Waals surface area contributed by atoms with Crippen LogP contribution in [0.25, 0.3) is 0 Å². The van der Waals surface area contributed by atoms with Crippen LogP contribution in [0.15, 0.2) is 60.7 Å². The van der Waals surface area contributed by atoms with Gasteiger partial charge < -0.3 is 14.8 Å². The molecular weight excluding hydrogens is 330 g/mol. The van der Waals surface area contributed by atoms with Crippen LogP contribution in [0.2, 0.25) is 0 Å². The predicted octanol–water partition coefficient (Wildman–Crippen LogP) is 2.29. The fourth-order valence-electron chi connectivity index (χ4n) is 2.93. The largest absolute Gasteiger partial charge is 0.368 e. The van der Waals surface area contributed by atoms with E-state index in [1.165, 1.54) is 0 Å². The highest BCUT2D eigenvalue weighted by molar-refractivity contribution is 5.93. The van der Waals surface area contributed by atoms with Crippen LogP contribution in [0.5, 0.6) is 0 Å². The lowest BCUT2D eigenvalue weighted by Gasteiger charge is -2.21. The van der Waals surface area contributed by atoms with Crippen LogP contribution >= 0.6 is 0 Å². The Morgan fingerprint density at radius 2 is 1.73 bits per heavy atom. The van der Waals surface area contributed by atoms with Gasteiger partial charge >= 0.3 is 0 Å². The summed E-state index contributed by atoms with van der Waals surface area (Å²) >= 11 is 0. The van der Waals surface area contributed by atoms with E-state index in [0.717, 1.165) is 11.1 Å². The minimum absolute atomic E-state index is 0.0420. The molecule has 1 aliphatic heterocycles. The van der Waals surface area contributed by atoms with Gasteiger partial charge in [-0.1, -0.05) is 60.7 Å². The van der Waals surface area contributed by atoms with Crippen molar-refractivity contribution >= 4 is 11.7 Å². The number of Topliss-reactive ketones (excluding diaryl/α,β-unsaturated/α-hetero) is 1. The number of amides is 1. The maximum absolute atomic E-state index is 12.8. The fraction of sp³-hybridized carbons (Fsp3) is 0.333. The molecule has 0 aliphatic carbocycles. The number of benzene rings is 2. The number of carbonyl (C=O) groups is 2. The standard InChI is InChI=1S/C21H23NO4/c1-15-20(18(23)14-25-15)22-21(24)19(12-16-8-4-2-5-9-16)26-13-17-10-6-3-7-11-17/h2-11,15,19-20H,12-14H2,1H3,(H,22,24)/t15-,19?,20-/m0/s1. The van der Waals surface area contributed by atoms with E-state index in [4.69, 9.17) is 9.47 Å². The monoisotopic (exact) mass is 353 g/mol. The second-order valence-electron chi connectivity index (χ2n) is 6.44. The summed E-state index contributed by atoms with van der Waals surface area (Å²) in [4.78, 5) is 24.7. The third-order valence-corrected chi connectivity index (χ3v) is 4.45. The van der Waals surface area contributed by atoms with Gasteiger partial charge in [0.1, 0.15) is 18.8 Å². The molecule has 1 fully saturated rings. The zero-order valence-electron chi connectivity index (χ0n) is 14.8.